The highest BCUT2D eigenvalue weighted by Gasteiger charge is 2.34. The number of pyridine rings is 1. The van der Waals surface area contributed by atoms with Gasteiger partial charge in [-0.25, -0.2) is 4.79 Å². The fourth-order valence-electron chi connectivity index (χ4n) is 4.40. The maximum absolute atomic E-state index is 12.5. The number of hydrogen-bond acceptors (Lipinski definition) is 4. The molecule has 2 aliphatic rings. The Labute approximate surface area is 173 Å². The molecule has 5 nitrogen and oxygen atoms in total. The summed E-state index contributed by atoms with van der Waals surface area (Å²) in [5.41, 5.74) is 6.12. The zero-order valence-electron chi connectivity index (χ0n) is 17.9. The van der Waals surface area contributed by atoms with E-state index in [1.54, 1.807) is 0 Å². The summed E-state index contributed by atoms with van der Waals surface area (Å²) in [7, 11) is 0. The maximum Gasteiger partial charge on any atom is 0.410 e. The van der Waals surface area contributed by atoms with Crippen molar-refractivity contribution < 1.29 is 9.53 Å². The Morgan fingerprint density at radius 3 is 2.52 bits per heavy atom. The third-order valence-electron chi connectivity index (χ3n) is 5.77. The summed E-state index contributed by atoms with van der Waals surface area (Å²) in [6.07, 6.45) is 3.76. The fourth-order valence-corrected chi connectivity index (χ4v) is 4.40. The number of carbonyl (C=O) groups excluding carboxylic acids is 1. The molecule has 1 saturated heterocycles. The van der Waals surface area contributed by atoms with Crippen LogP contribution < -0.4 is 0 Å². The van der Waals surface area contributed by atoms with Gasteiger partial charge in [0.05, 0.1) is 11.7 Å². The zero-order chi connectivity index (χ0) is 20.6. The topological polar surface area (TPSA) is 45.7 Å². The quantitative estimate of drug-likeness (QED) is 0.731. The van der Waals surface area contributed by atoms with Crippen LogP contribution in [0.3, 0.4) is 0 Å². The van der Waals surface area contributed by atoms with Crippen molar-refractivity contribution in [2.45, 2.75) is 52.2 Å². The third-order valence-corrected chi connectivity index (χ3v) is 5.77. The molecule has 1 atom stereocenters. The van der Waals surface area contributed by atoms with Crippen LogP contribution in [0.5, 0.6) is 0 Å². The van der Waals surface area contributed by atoms with Gasteiger partial charge in [-0.3, -0.25) is 9.88 Å². The molecule has 0 saturated carbocycles. The summed E-state index contributed by atoms with van der Waals surface area (Å²) in [4.78, 5) is 21.6. The minimum atomic E-state index is -0.463. The Morgan fingerprint density at radius 2 is 1.79 bits per heavy atom. The second-order valence-electron chi connectivity index (χ2n) is 9.16. The predicted molar refractivity (Wildman–Crippen MR) is 114 cm³/mol. The van der Waals surface area contributed by atoms with Crippen molar-refractivity contribution in [2.75, 3.05) is 26.2 Å². The van der Waals surface area contributed by atoms with Crippen molar-refractivity contribution in [3.63, 3.8) is 0 Å². The first-order chi connectivity index (χ1) is 13.8. The summed E-state index contributed by atoms with van der Waals surface area (Å²) in [6, 6.07) is 11.2. The van der Waals surface area contributed by atoms with Crippen molar-refractivity contribution in [1.29, 1.82) is 0 Å². The smallest absolute Gasteiger partial charge is 0.410 e. The van der Waals surface area contributed by atoms with E-state index in [0.29, 0.717) is 13.1 Å². The standard InChI is InChI=1S/C24H31N3O2/c1-17-7-10-20-19(16-17)9-8-18-6-5-11-25-21(18)22(20)26-12-14-27(15-13-26)23(28)29-24(2,3)4/h5-7,10-11,16,22H,8-9,12-15H2,1-4H3. The number of amides is 1. The molecule has 154 valence electrons. The normalized spacial score (nSPS) is 19.9. The van der Waals surface area contributed by atoms with Crippen LogP contribution in [0.15, 0.2) is 36.5 Å². The van der Waals surface area contributed by atoms with E-state index in [2.05, 4.69) is 36.1 Å². The number of aromatic nitrogens is 1. The van der Waals surface area contributed by atoms with Crippen molar-refractivity contribution in [2.24, 2.45) is 0 Å². The first kappa shape index (κ1) is 19.9. The molecular weight excluding hydrogens is 362 g/mol. The summed E-state index contributed by atoms with van der Waals surface area (Å²) in [6.45, 7) is 10.9. The molecule has 1 unspecified atom stereocenters. The average molecular weight is 394 g/mol. The molecule has 4 rings (SSSR count). The number of ether oxygens (including phenoxy) is 1. The number of rotatable bonds is 1. The van der Waals surface area contributed by atoms with Crippen LogP contribution in [0, 0.1) is 6.92 Å². The Balaban J connectivity index is 1.60. The minimum absolute atomic E-state index is 0.144. The monoisotopic (exact) mass is 393 g/mol. The van der Waals surface area contributed by atoms with Gasteiger partial charge in [0.1, 0.15) is 5.60 Å². The number of piperazine rings is 1. The molecule has 1 amide bonds. The van der Waals surface area contributed by atoms with Crippen molar-refractivity contribution >= 4 is 6.09 Å². The number of benzene rings is 1. The van der Waals surface area contributed by atoms with Gasteiger partial charge in [0.2, 0.25) is 0 Å². The second kappa shape index (κ2) is 7.79. The van der Waals surface area contributed by atoms with Gasteiger partial charge in [-0.15, -0.1) is 0 Å². The van der Waals surface area contributed by atoms with Crippen molar-refractivity contribution in [3.8, 4) is 0 Å². The number of hydrogen-bond donors (Lipinski definition) is 0. The minimum Gasteiger partial charge on any atom is -0.444 e. The van der Waals surface area contributed by atoms with E-state index in [1.807, 2.05) is 37.9 Å². The molecule has 1 aliphatic heterocycles. The average Bonchev–Trinajstić information content (AvgIpc) is 2.83. The van der Waals surface area contributed by atoms with E-state index >= 15 is 0 Å². The van der Waals surface area contributed by atoms with Crippen LogP contribution in [-0.2, 0) is 17.6 Å². The van der Waals surface area contributed by atoms with E-state index in [1.165, 1.54) is 27.9 Å². The van der Waals surface area contributed by atoms with Crippen LogP contribution in [-0.4, -0.2) is 52.7 Å². The Bertz CT molecular complexity index is 895. The molecule has 0 spiro atoms. The van der Waals surface area contributed by atoms with Gasteiger partial charge in [0.25, 0.3) is 0 Å². The van der Waals surface area contributed by atoms with E-state index in [9.17, 15) is 4.79 Å². The van der Waals surface area contributed by atoms with Gasteiger partial charge >= 0.3 is 6.09 Å². The number of aryl methyl sites for hydroxylation is 3. The van der Waals surface area contributed by atoms with Crippen molar-refractivity contribution in [3.05, 3.63) is 64.5 Å². The molecule has 0 bridgehead atoms. The molecule has 5 heteroatoms. The zero-order valence-corrected chi connectivity index (χ0v) is 17.9. The molecule has 0 radical (unpaired) electrons. The molecular formula is C24H31N3O2. The Hall–Kier alpha value is -2.40. The van der Waals surface area contributed by atoms with Crippen LogP contribution in [0.2, 0.25) is 0 Å². The third kappa shape index (κ3) is 4.30. The summed E-state index contributed by atoms with van der Waals surface area (Å²) in [5.74, 6) is 0. The molecule has 2 heterocycles. The van der Waals surface area contributed by atoms with Crippen LogP contribution in [0.4, 0.5) is 4.79 Å². The van der Waals surface area contributed by atoms with Crippen molar-refractivity contribution in [1.82, 2.24) is 14.8 Å². The number of nitrogens with zero attached hydrogens (tertiary/aromatic N) is 3. The Morgan fingerprint density at radius 1 is 1.07 bits per heavy atom. The molecule has 0 N–H and O–H groups in total. The lowest BCUT2D eigenvalue weighted by Crippen LogP contribution is -2.51. The lowest BCUT2D eigenvalue weighted by Gasteiger charge is -2.40. The van der Waals surface area contributed by atoms with Gasteiger partial charge in [-0.1, -0.05) is 29.8 Å². The summed E-state index contributed by atoms with van der Waals surface area (Å²) >= 11 is 0. The SMILES string of the molecule is Cc1ccc2c(c1)CCc1cccnc1C2N1CCN(C(=O)OC(C)(C)C)CC1. The van der Waals surface area contributed by atoms with E-state index in [-0.39, 0.29) is 12.1 Å². The van der Waals surface area contributed by atoms with E-state index < -0.39 is 5.60 Å². The lowest BCUT2D eigenvalue weighted by molar-refractivity contribution is 0.0118. The molecule has 29 heavy (non-hydrogen) atoms. The largest absolute Gasteiger partial charge is 0.444 e. The summed E-state index contributed by atoms with van der Waals surface area (Å²) < 4.78 is 5.56. The molecule has 1 aliphatic carbocycles. The highest BCUT2D eigenvalue weighted by atomic mass is 16.6. The van der Waals surface area contributed by atoms with Crippen LogP contribution in [0.25, 0.3) is 0 Å². The van der Waals surface area contributed by atoms with Gasteiger partial charge in [-0.05, 0) is 63.3 Å². The second-order valence-corrected chi connectivity index (χ2v) is 9.16. The highest BCUT2D eigenvalue weighted by molar-refractivity contribution is 5.68. The number of fused-ring (bicyclic) bond motifs is 2. The Kier molecular flexibility index (Phi) is 5.34. The van der Waals surface area contributed by atoms with E-state index in [4.69, 9.17) is 9.72 Å². The molecule has 1 aromatic heterocycles. The molecule has 1 aromatic carbocycles. The first-order valence-electron chi connectivity index (χ1n) is 10.6. The number of carbonyl (C=O) groups is 1. The first-order valence-corrected chi connectivity index (χ1v) is 10.6. The van der Waals surface area contributed by atoms with Gasteiger partial charge in [0, 0.05) is 32.4 Å². The van der Waals surface area contributed by atoms with Gasteiger partial charge in [-0.2, -0.15) is 0 Å². The lowest BCUT2D eigenvalue weighted by atomic mass is 9.94. The van der Waals surface area contributed by atoms with Crippen LogP contribution >= 0.6 is 0 Å². The summed E-state index contributed by atoms with van der Waals surface area (Å²) in [5, 5.41) is 0. The molecule has 1 fully saturated rings. The molecule has 2 aromatic rings. The van der Waals surface area contributed by atoms with E-state index in [0.717, 1.165) is 25.9 Å². The van der Waals surface area contributed by atoms with Gasteiger partial charge < -0.3 is 9.64 Å². The van der Waals surface area contributed by atoms with Crippen LogP contribution in [0.1, 0.15) is 54.8 Å². The maximum atomic E-state index is 12.5. The highest BCUT2D eigenvalue weighted by Crippen LogP contribution is 2.36. The predicted octanol–water partition coefficient (Wildman–Crippen LogP) is 4.13. The van der Waals surface area contributed by atoms with Gasteiger partial charge in [0.15, 0.2) is 0 Å². The fraction of sp³-hybridized carbons (Fsp3) is 0.500.